The van der Waals surface area contributed by atoms with Crippen LogP contribution in [-0.4, -0.2) is 42.4 Å². The molecule has 2 amide bonds. The lowest BCUT2D eigenvalue weighted by Gasteiger charge is -2.34. The van der Waals surface area contributed by atoms with Crippen LogP contribution >= 0.6 is 0 Å². The number of carbonyl (C=O) groups excluding carboxylic acids is 2. The normalized spacial score (nSPS) is 18.7. The van der Waals surface area contributed by atoms with Crippen molar-refractivity contribution in [3.05, 3.63) is 29.8 Å². The van der Waals surface area contributed by atoms with E-state index in [9.17, 15) is 9.59 Å². The molecule has 1 heterocycles. The Morgan fingerprint density at radius 1 is 1.35 bits per heavy atom. The van der Waals surface area contributed by atoms with Gasteiger partial charge in [-0.05, 0) is 24.6 Å². The molecular weight excluding hydrogens is 254 g/mol. The Morgan fingerprint density at radius 3 is 2.65 bits per heavy atom. The topological polar surface area (TPSA) is 61.4 Å². The standard InChI is InChI=1S/C15H21N3O2/c1-11-10-16-7-8-18(11)15(20)9-13-3-5-14(6-4-13)17-12(2)19/h3-6,11,16H,7-10H2,1-2H3,(H,17,19)/t11-/m1/s1. The summed E-state index contributed by atoms with van der Waals surface area (Å²) in [6, 6.07) is 7.66. The lowest BCUT2D eigenvalue weighted by atomic mass is 10.1. The third-order valence-electron chi connectivity index (χ3n) is 3.45. The van der Waals surface area contributed by atoms with Crippen molar-refractivity contribution >= 4 is 17.5 Å². The van der Waals surface area contributed by atoms with Crippen molar-refractivity contribution in [1.82, 2.24) is 10.2 Å². The molecule has 0 aliphatic carbocycles. The van der Waals surface area contributed by atoms with Gasteiger partial charge in [0.05, 0.1) is 6.42 Å². The van der Waals surface area contributed by atoms with Crippen LogP contribution in [0.3, 0.4) is 0 Å². The number of nitrogens with one attached hydrogen (secondary N) is 2. The molecule has 1 fully saturated rings. The molecule has 0 aromatic heterocycles. The maximum absolute atomic E-state index is 12.3. The first-order valence-electron chi connectivity index (χ1n) is 6.93. The summed E-state index contributed by atoms with van der Waals surface area (Å²) in [5, 5.41) is 5.99. The number of piperazine rings is 1. The highest BCUT2D eigenvalue weighted by Gasteiger charge is 2.22. The first-order chi connectivity index (χ1) is 9.56. The maximum Gasteiger partial charge on any atom is 0.227 e. The summed E-state index contributed by atoms with van der Waals surface area (Å²) in [7, 11) is 0. The lowest BCUT2D eigenvalue weighted by molar-refractivity contribution is -0.133. The molecule has 1 aliphatic heterocycles. The Bertz CT molecular complexity index is 484. The quantitative estimate of drug-likeness (QED) is 0.865. The molecule has 1 aromatic rings. The molecule has 108 valence electrons. The van der Waals surface area contributed by atoms with E-state index >= 15 is 0 Å². The molecule has 0 radical (unpaired) electrons. The van der Waals surface area contributed by atoms with Crippen LogP contribution in [0.25, 0.3) is 0 Å². The average Bonchev–Trinajstić information content (AvgIpc) is 2.41. The fraction of sp³-hybridized carbons (Fsp3) is 0.467. The molecule has 1 aromatic carbocycles. The fourth-order valence-corrected chi connectivity index (χ4v) is 2.40. The van der Waals surface area contributed by atoms with E-state index in [1.807, 2.05) is 29.2 Å². The molecule has 0 spiro atoms. The minimum atomic E-state index is -0.0940. The van der Waals surface area contributed by atoms with Crippen molar-refractivity contribution in [2.24, 2.45) is 0 Å². The predicted octanol–water partition coefficient (Wildman–Crippen LogP) is 1.01. The highest BCUT2D eigenvalue weighted by atomic mass is 16.2. The molecule has 5 heteroatoms. The smallest absolute Gasteiger partial charge is 0.227 e. The number of rotatable bonds is 3. The zero-order chi connectivity index (χ0) is 14.5. The van der Waals surface area contributed by atoms with Gasteiger partial charge >= 0.3 is 0 Å². The van der Waals surface area contributed by atoms with E-state index < -0.39 is 0 Å². The summed E-state index contributed by atoms with van der Waals surface area (Å²) < 4.78 is 0. The van der Waals surface area contributed by atoms with E-state index in [2.05, 4.69) is 17.6 Å². The van der Waals surface area contributed by atoms with Gasteiger partial charge in [0.15, 0.2) is 0 Å². The number of amides is 2. The van der Waals surface area contributed by atoms with Crippen LogP contribution in [0.1, 0.15) is 19.4 Å². The number of hydrogen-bond donors (Lipinski definition) is 2. The zero-order valence-corrected chi connectivity index (χ0v) is 12.0. The van der Waals surface area contributed by atoms with Crippen molar-refractivity contribution in [2.45, 2.75) is 26.3 Å². The number of anilines is 1. The van der Waals surface area contributed by atoms with Crippen LogP contribution < -0.4 is 10.6 Å². The zero-order valence-electron chi connectivity index (χ0n) is 12.0. The Morgan fingerprint density at radius 2 is 2.05 bits per heavy atom. The van der Waals surface area contributed by atoms with Crippen molar-refractivity contribution < 1.29 is 9.59 Å². The minimum absolute atomic E-state index is 0.0940. The molecule has 5 nitrogen and oxygen atoms in total. The summed E-state index contributed by atoms with van der Waals surface area (Å²) in [5.74, 6) is 0.0646. The van der Waals surface area contributed by atoms with Gasteiger partial charge in [-0.25, -0.2) is 0 Å². The van der Waals surface area contributed by atoms with Gasteiger partial charge in [-0.2, -0.15) is 0 Å². The van der Waals surface area contributed by atoms with Crippen LogP contribution in [0, 0.1) is 0 Å². The second-order valence-corrected chi connectivity index (χ2v) is 5.20. The fourth-order valence-electron chi connectivity index (χ4n) is 2.40. The Labute approximate surface area is 119 Å². The third-order valence-corrected chi connectivity index (χ3v) is 3.45. The number of carbonyl (C=O) groups is 2. The summed E-state index contributed by atoms with van der Waals surface area (Å²) in [6.07, 6.45) is 0.407. The molecule has 1 aliphatic rings. The van der Waals surface area contributed by atoms with E-state index in [1.54, 1.807) is 0 Å². The molecular formula is C15H21N3O2. The number of benzene rings is 1. The second-order valence-electron chi connectivity index (χ2n) is 5.20. The van der Waals surface area contributed by atoms with Gasteiger partial charge in [0.25, 0.3) is 0 Å². The summed E-state index contributed by atoms with van der Waals surface area (Å²) in [5.41, 5.74) is 1.72. The molecule has 0 bridgehead atoms. The van der Waals surface area contributed by atoms with E-state index in [0.717, 1.165) is 30.9 Å². The first kappa shape index (κ1) is 14.5. The molecule has 20 heavy (non-hydrogen) atoms. The van der Waals surface area contributed by atoms with E-state index in [1.165, 1.54) is 6.92 Å². The number of nitrogens with zero attached hydrogens (tertiary/aromatic N) is 1. The van der Waals surface area contributed by atoms with E-state index in [-0.39, 0.29) is 17.9 Å². The first-order valence-corrected chi connectivity index (χ1v) is 6.93. The van der Waals surface area contributed by atoms with Crippen molar-refractivity contribution in [1.29, 1.82) is 0 Å². The van der Waals surface area contributed by atoms with E-state index in [4.69, 9.17) is 0 Å². The summed E-state index contributed by atoms with van der Waals surface area (Å²) >= 11 is 0. The Kier molecular flexibility index (Phi) is 4.74. The van der Waals surface area contributed by atoms with Gasteiger partial charge in [-0.3, -0.25) is 9.59 Å². The second kappa shape index (κ2) is 6.52. The van der Waals surface area contributed by atoms with Crippen LogP contribution in [0.15, 0.2) is 24.3 Å². The number of hydrogen-bond acceptors (Lipinski definition) is 3. The molecule has 0 unspecified atom stereocenters. The largest absolute Gasteiger partial charge is 0.337 e. The van der Waals surface area contributed by atoms with Crippen molar-refractivity contribution in [2.75, 3.05) is 25.0 Å². The van der Waals surface area contributed by atoms with Crippen LogP contribution in [0.5, 0.6) is 0 Å². The average molecular weight is 275 g/mol. The maximum atomic E-state index is 12.3. The molecule has 2 N–H and O–H groups in total. The Balaban J connectivity index is 1.95. The van der Waals surface area contributed by atoms with Crippen LogP contribution in [0.2, 0.25) is 0 Å². The predicted molar refractivity (Wildman–Crippen MR) is 78.5 cm³/mol. The lowest BCUT2D eigenvalue weighted by Crippen LogP contribution is -2.52. The molecule has 0 saturated carbocycles. The summed E-state index contributed by atoms with van der Waals surface area (Å²) in [4.78, 5) is 25.1. The third kappa shape index (κ3) is 3.81. The van der Waals surface area contributed by atoms with Gasteiger partial charge in [0.1, 0.15) is 0 Å². The van der Waals surface area contributed by atoms with Crippen molar-refractivity contribution in [3.63, 3.8) is 0 Å². The van der Waals surface area contributed by atoms with Gasteiger partial charge in [0.2, 0.25) is 11.8 Å². The van der Waals surface area contributed by atoms with Crippen LogP contribution in [-0.2, 0) is 16.0 Å². The highest BCUT2D eigenvalue weighted by Crippen LogP contribution is 2.12. The van der Waals surface area contributed by atoms with Crippen LogP contribution in [0.4, 0.5) is 5.69 Å². The minimum Gasteiger partial charge on any atom is -0.337 e. The Hall–Kier alpha value is -1.88. The molecule has 1 atom stereocenters. The monoisotopic (exact) mass is 275 g/mol. The van der Waals surface area contributed by atoms with Gasteiger partial charge in [-0.15, -0.1) is 0 Å². The highest BCUT2D eigenvalue weighted by molar-refractivity contribution is 5.88. The van der Waals surface area contributed by atoms with Gasteiger partial charge in [0, 0.05) is 38.3 Å². The SMILES string of the molecule is CC(=O)Nc1ccc(CC(=O)N2CCNC[C@H]2C)cc1. The molecule has 1 saturated heterocycles. The molecule has 2 rings (SSSR count). The van der Waals surface area contributed by atoms with Gasteiger partial charge in [-0.1, -0.05) is 12.1 Å². The van der Waals surface area contributed by atoms with Gasteiger partial charge < -0.3 is 15.5 Å². The van der Waals surface area contributed by atoms with Crippen molar-refractivity contribution in [3.8, 4) is 0 Å². The van der Waals surface area contributed by atoms with E-state index in [0.29, 0.717) is 6.42 Å². The summed E-state index contributed by atoms with van der Waals surface area (Å²) in [6.45, 7) is 6.02.